The van der Waals surface area contributed by atoms with Gasteiger partial charge in [0.1, 0.15) is 5.25 Å². The van der Waals surface area contributed by atoms with Crippen molar-refractivity contribution < 1.29 is 18.0 Å². The second-order valence-electron chi connectivity index (χ2n) is 8.13. The maximum atomic E-state index is 13.4. The van der Waals surface area contributed by atoms with Crippen molar-refractivity contribution in [2.24, 2.45) is 0 Å². The van der Waals surface area contributed by atoms with Gasteiger partial charge in [-0.15, -0.1) is 10.2 Å². The van der Waals surface area contributed by atoms with Crippen molar-refractivity contribution in [2.75, 3.05) is 5.32 Å². The monoisotopic (exact) mass is 495 g/mol. The highest BCUT2D eigenvalue weighted by Gasteiger charge is 2.34. The lowest BCUT2D eigenvalue weighted by Crippen LogP contribution is -2.20. The first-order chi connectivity index (χ1) is 16.9. The van der Waals surface area contributed by atoms with Gasteiger partial charge in [-0.3, -0.25) is 14.3 Å². The maximum absolute atomic E-state index is 13.4. The number of rotatable bonds is 7. The first-order valence-corrected chi connectivity index (χ1v) is 11.8. The fourth-order valence-electron chi connectivity index (χ4n) is 3.70. The lowest BCUT2D eigenvalue weighted by Gasteiger charge is -2.18. The molecule has 0 saturated heterocycles. The SMILES string of the molecule is O=C(Nc1cccc(C(F)(F)F)c1)C(Sc1nnc(-c2cccnc2)n1C1CC1)c1ccccc1. The van der Waals surface area contributed by atoms with E-state index in [0.29, 0.717) is 16.5 Å². The van der Waals surface area contributed by atoms with E-state index in [2.05, 4.69) is 20.5 Å². The predicted molar refractivity (Wildman–Crippen MR) is 127 cm³/mol. The van der Waals surface area contributed by atoms with Gasteiger partial charge in [0, 0.05) is 29.7 Å². The van der Waals surface area contributed by atoms with Gasteiger partial charge in [-0.2, -0.15) is 13.2 Å². The molecule has 6 nitrogen and oxygen atoms in total. The standard InChI is InChI=1S/C25H20F3N5OS/c26-25(27,28)18-9-4-10-19(14-18)30-23(34)21(16-6-2-1-3-7-16)35-24-32-31-22(33(24)20-11-12-20)17-8-5-13-29-15-17/h1-10,13-15,20-21H,11-12H2,(H,30,34). The second kappa shape index (κ2) is 9.53. The van der Waals surface area contributed by atoms with Crippen LogP contribution in [-0.2, 0) is 11.0 Å². The summed E-state index contributed by atoms with van der Waals surface area (Å²) >= 11 is 1.22. The summed E-state index contributed by atoms with van der Waals surface area (Å²) in [6.07, 6.45) is 0.848. The van der Waals surface area contributed by atoms with Gasteiger partial charge in [0.15, 0.2) is 11.0 Å². The summed E-state index contributed by atoms with van der Waals surface area (Å²) in [6, 6.07) is 17.6. The van der Waals surface area contributed by atoms with Crippen LogP contribution in [0.3, 0.4) is 0 Å². The highest BCUT2D eigenvalue weighted by molar-refractivity contribution is 8.00. The molecule has 0 aliphatic heterocycles. The number of hydrogen-bond donors (Lipinski definition) is 1. The van der Waals surface area contributed by atoms with Gasteiger partial charge in [0.05, 0.1) is 5.56 Å². The fourth-order valence-corrected chi connectivity index (χ4v) is 4.81. The largest absolute Gasteiger partial charge is 0.416 e. The van der Waals surface area contributed by atoms with Gasteiger partial charge < -0.3 is 5.32 Å². The Morgan fingerprint density at radius 2 is 1.83 bits per heavy atom. The number of halogens is 3. The highest BCUT2D eigenvalue weighted by atomic mass is 32.2. The summed E-state index contributed by atoms with van der Waals surface area (Å²) < 4.78 is 41.5. The minimum absolute atomic E-state index is 0.0751. The van der Waals surface area contributed by atoms with Crippen LogP contribution in [0.1, 0.15) is 35.3 Å². The Morgan fingerprint density at radius 1 is 1.03 bits per heavy atom. The molecule has 2 aromatic heterocycles. The molecule has 5 rings (SSSR count). The van der Waals surface area contributed by atoms with Crippen LogP contribution in [-0.4, -0.2) is 25.7 Å². The zero-order valence-electron chi connectivity index (χ0n) is 18.3. The number of amides is 1. The highest BCUT2D eigenvalue weighted by Crippen LogP contribution is 2.44. The first-order valence-electron chi connectivity index (χ1n) is 10.9. The Morgan fingerprint density at radius 3 is 2.51 bits per heavy atom. The van der Waals surface area contributed by atoms with Crippen molar-refractivity contribution >= 4 is 23.4 Å². The summed E-state index contributed by atoms with van der Waals surface area (Å²) in [5.41, 5.74) is 0.776. The number of carbonyl (C=O) groups is 1. The second-order valence-corrected chi connectivity index (χ2v) is 9.20. The predicted octanol–water partition coefficient (Wildman–Crippen LogP) is 6.17. The topological polar surface area (TPSA) is 72.7 Å². The lowest BCUT2D eigenvalue weighted by atomic mass is 10.1. The average Bonchev–Trinajstić information content (AvgIpc) is 3.62. The maximum Gasteiger partial charge on any atom is 0.416 e. The van der Waals surface area contributed by atoms with E-state index >= 15 is 0 Å². The molecule has 178 valence electrons. The van der Waals surface area contributed by atoms with Crippen LogP contribution < -0.4 is 5.32 Å². The number of nitrogens with zero attached hydrogens (tertiary/aromatic N) is 4. The van der Waals surface area contributed by atoms with E-state index in [-0.39, 0.29) is 11.7 Å². The Bertz CT molecular complexity index is 1320. The third-order valence-corrected chi connectivity index (χ3v) is 6.73. The van der Waals surface area contributed by atoms with E-state index in [1.807, 2.05) is 47.0 Å². The van der Waals surface area contributed by atoms with E-state index in [1.165, 1.54) is 23.9 Å². The quantitative estimate of drug-likeness (QED) is 0.311. The van der Waals surface area contributed by atoms with Crippen LogP contribution in [0.5, 0.6) is 0 Å². The number of carbonyl (C=O) groups excluding carboxylic acids is 1. The van der Waals surface area contributed by atoms with Crippen LogP contribution >= 0.6 is 11.8 Å². The zero-order chi connectivity index (χ0) is 24.4. The minimum Gasteiger partial charge on any atom is -0.325 e. The number of hydrogen-bond acceptors (Lipinski definition) is 5. The number of pyridine rings is 1. The van der Waals surface area contributed by atoms with Crippen LogP contribution in [0, 0.1) is 0 Å². The number of thioether (sulfide) groups is 1. The van der Waals surface area contributed by atoms with E-state index in [0.717, 1.165) is 30.5 Å². The molecule has 1 atom stereocenters. The van der Waals surface area contributed by atoms with Crippen LogP contribution in [0.2, 0.25) is 0 Å². The normalized spacial score (nSPS) is 14.5. The summed E-state index contributed by atoms with van der Waals surface area (Å²) in [4.78, 5) is 17.5. The Balaban J connectivity index is 1.47. The third kappa shape index (κ3) is 5.22. The molecule has 35 heavy (non-hydrogen) atoms. The molecule has 1 aliphatic rings. The van der Waals surface area contributed by atoms with E-state index < -0.39 is 22.9 Å². The summed E-state index contributed by atoms with van der Waals surface area (Å²) in [7, 11) is 0. The van der Waals surface area contributed by atoms with E-state index in [1.54, 1.807) is 12.4 Å². The third-order valence-electron chi connectivity index (χ3n) is 5.52. The Kier molecular flexibility index (Phi) is 6.29. The van der Waals surface area contributed by atoms with Gasteiger partial charge in [-0.1, -0.05) is 48.2 Å². The molecule has 2 heterocycles. The van der Waals surface area contributed by atoms with Crippen molar-refractivity contribution in [2.45, 2.75) is 35.5 Å². The molecule has 1 amide bonds. The number of nitrogens with one attached hydrogen (secondary N) is 1. The molecule has 1 fully saturated rings. The minimum atomic E-state index is -4.50. The van der Waals surface area contributed by atoms with Crippen molar-refractivity contribution in [1.82, 2.24) is 19.7 Å². The van der Waals surface area contributed by atoms with Crippen molar-refractivity contribution in [3.8, 4) is 11.4 Å². The number of anilines is 1. The van der Waals surface area contributed by atoms with Gasteiger partial charge in [-0.25, -0.2) is 0 Å². The molecule has 0 bridgehead atoms. The Hall–Kier alpha value is -3.66. The van der Waals surface area contributed by atoms with Crippen molar-refractivity contribution in [1.29, 1.82) is 0 Å². The zero-order valence-corrected chi connectivity index (χ0v) is 19.1. The van der Waals surface area contributed by atoms with Crippen LogP contribution in [0.4, 0.5) is 18.9 Å². The summed E-state index contributed by atoms with van der Waals surface area (Å²) in [5, 5.41) is 11.2. The van der Waals surface area contributed by atoms with E-state index in [4.69, 9.17) is 0 Å². The molecule has 1 N–H and O–H groups in total. The molecule has 0 radical (unpaired) electrons. The van der Waals surface area contributed by atoms with Gasteiger partial charge in [0.2, 0.25) is 5.91 Å². The Labute approximate surface area is 203 Å². The summed E-state index contributed by atoms with van der Waals surface area (Å²) in [5.74, 6) is 0.224. The number of benzene rings is 2. The van der Waals surface area contributed by atoms with Crippen molar-refractivity contribution in [3.05, 3.63) is 90.3 Å². The molecule has 1 aliphatic carbocycles. The lowest BCUT2D eigenvalue weighted by molar-refractivity contribution is -0.137. The van der Waals surface area contributed by atoms with Gasteiger partial charge in [-0.05, 0) is 48.7 Å². The van der Waals surface area contributed by atoms with Crippen LogP contribution in [0.25, 0.3) is 11.4 Å². The van der Waals surface area contributed by atoms with Crippen LogP contribution in [0.15, 0.2) is 84.3 Å². The molecular weight excluding hydrogens is 475 g/mol. The number of aromatic nitrogens is 4. The molecule has 0 spiro atoms. The van der Waals surface area contributed by atoms with Gasteiger partial charge in [0.25, 0.3) is 0 Å². The van der Waals surface area contributed by atoms with Crippen molar-refractivity contribution in [3.63, 3.8) is 0 Å². The number of alkyl halides is 3. The first kappa shape index (κ1) is 23.1. The smallest absolute Gasteiger partial charge is 0.325 e. The molecule has 1 saturated carbocycles. The molecular formula is C25H20F3N5OS. The average molecular weight is 496 g/mol. The summed E-state index contributed by atoms with van der Waals surface area (Å²) in [6.45, 7) is 0. The van der Waals surface area contributed by atoms with E-state index in [9.17, 15) is 18.0 Å². The molecule has 10 heteroatoms. The fraction of sp³-hybridized carbons (Fsp3) is 0.200. The molecule has 1 unspecified atom stereocenters. The molecule has 2 aromatic carbocycles. The van der Waals surface area contributed by atoms with Gasteiger partial charge >= 0.3 is 6.18 Å². The molecule has 4 aromatic rings.